The molecule has 122 valence electrons. The van der Waals surface area contributed by atoms with Crippen LogP contribution in [0.15, 0.2) is 65.7 Å². The molecule has 0 fully saturated rings. The Bertz CT molecular complexity index is 809. The molecule has 5 heteroatoms. The lowest BCUT2D eigenvalue weighted by atomic mass is 9.84. The van der Waals surface area contributed by atoms with Crippen LogP contribution < -0.4 is 10.3 Å². The second-order valence-corrected chi connectivity index (χ2v) is 6.21. The van der Waals surface area contributed by atoms with E-state index in [2.05, 4.69) is 52.5 Å². The lowest BCUT2D eigenvalue weighted by Crippen LogP contribution is -2.23. The summed E-state index contributed by atoms with van der Waals surface area (Å²) in [4.78, 5) is 18.0. The lowest BCUT2D eigenvalue weighted by Gasteiger charge is -2.23. The predicted molar refractivity (Wildman–Crippen MR) is 96.1 cm³/mol. The van der Waals surface area contributed by atoms with E-state index in [1.165, 1.54) is 11.3 Å². The van der Waals surface area contributed by atoms with Crippen LogP contribution in [0.2, 0.25) is 0 Å². The highest BCUT2D eigenvalue weighted by atomic mass is 16.2. The summed E-state index contributed by atoms with van der Waals surface area (Å²) < 4.78 is 0. The molecule has 0 saturated heterocycles. The van der Waals surface area contributed by atoms with Crippen molar-refractivity contribution in [3.8, 4) is 0 Å². The molecular formula is C19H20N4O. The van der Waals surface area contributed by atoms with Crippen molar-refractivity contribution in [2.24, 2.45) is 5.10 Å². The minimum Gasteiger partial charge on any atom is -0.347 e. The van der Waals surface area contributed by atoms with Crippen molar-refractivity contribution in [2.45, 2.75) is 19.3 Å². The van der Waals surface area contributed by atoms with Gasteiger partial charge in [-0.3, -0.25) is 9.78 Å². The van der Waals surface area contributed by atoms with E-state index >= 15 is 0 Å². The topological polar surface area (TPSA) is 57.6 Å². The third kappa shape index (κ3) is 2.80. The van der Waals surface area contributed by atoms with Gasteiger partial charge in [0.2, 0.25) is 0 Å². The average molecular weight is 320 g/mol. The van der Waals surface area contributed by atoms with Gasteiger partial charge in [0, 0.05) is 48.0 Å². The number of hydrogen-bond donors (Lipinski definition) is 1. The minimum absolute atomic E-state index is 0.105. The molecule has 0 radical (unpaired) electrons. The summed E-state index contributed by atoms with van der Waals surface area (Å²) in [5, 5.41) is 4.03. The van der Waals surface area contributed by atoms with Gasteiger partial charge in [0.15, 0.2) is 0 Å². The number of fused-ring (bicyclic) bond motifs is 1. The van der Waals surface area contributed by atoms with Crippen molar-refractivity contribution in [1.82, 2.24) is 10.4 Å². The molecule has 1 aromatic heterocycles. The Kier molecular flexibility index (Phi) is 4.16. The molecule has 0 atom stereocenters. The summed E-state index contributed by atoms with van der Waals surface area (Å²) in [7, 11) is 2.04. The number of pyridine rings is 1. The zero-order valence-corrected chi connectivity index (χ0v) is 14.0. The van der Waals surface area contributed by atoms with Gasteiger partial charge in [-0.15, -0.1) is 0 Å². The maximum absolute atomic E-state index is 11.9. The zero-order chi connectivity index (χ0) is 17.2. The number of benzene rings is 1. The van der Waals surface area contributed by atoms with Crippen LogP contribution >= 0.6 is 0 Å². The van der Waals surface area contributed by atoms with Crippen LogP contribution in [-0.4, -0.2) is 24.2 Å². The van der Waals surface area contributed by atoms with Crippen LogP contribution in [0.25, 0.3) is 0 Å². The summed E-state index contributed by atoms with van der Waals surface area (Å²) in [5.41, 5.74) is 6.56. The van der Waals surface area contributed by atoms with E-state index in [4.69, 9.17) is 0 Å². The van der Waals surface area contributed by atoms with Gasteiger partial charge < -0.3 is 4.90 Å². The monoisotopic (exact) mass is 320 g/mol. The van der Waals surface area contributed by atoms with Crippen molar-refractivity contribution in [3.63, 3.8) is 0 Å². The van der Waals surface area contributed by atoms with E-state index in [1.54, 1.807) is 30.7 Å². The number of allylic oxidation sites excluding steroid dienone is 2. The average Bonchev–Trinajstić information content (AvgIpc) is 2.80. The molecule has 1 N–H and O–H groups in total. The smallest absolute Gasteiger partial charge is 0.271 e. The molecule has 1 aromatic carbocycles. The Morgan fingerprint density at radius 2 is 1.92 bits per heavy atom. The lowest BCUT2D eigenvalue weighted by molar-refractivity contribution is 0.0955. The third-order valence-corrected chi connectivity index (χ3v) is 4.36. The number of para-hydroxylation sites is 1. The standard InChI is InChI=1S/C19H20N4O/c1-19(2)15-6-4-5-7-16(15)23(3)17(19)10-13-21-22-18(24)14-8-11-20-12-9-14/h4-13H,1-3H3,(H,22,24)/b17-10+,21-13-. The van der Waals surface area contributed by atoms with Gasteiger partial charge in [-0.05, 0) is 29.8 Å². The molecule has 0 bridgehead atoms. The van der Waals surface area contributed by atoms with Gasteiger partial charge in [-0.25, -0.2) is 5.43 Å². The number of nitrogens with zero attached hydrogens (tertiary/aromatic N) is 3. The fraction of sp³-hybridized carbons (Fsp3) is 0.211. The maximum Gasteiger partial charge on any atom is 0.271 e. The van der Waals surface area contributed by atoms with Crippen molar-refractivity contribution in [1.29, 1.82) is 0 Å². The summed E-state index contributed by atoms with van der Waals surface area (Å²) in [6.07, 6.45) is 6.72. The number of likely N-dealkylation sites (N-methyl/N-ethyl adjacent to an activating group) is 1. The molecule has 2 aromatic rings. The second kappa shape index (κ2) is 6.28. The van der Waals surface area contributed by atoms with Crippen LogP contribution in [0.3, 0.4) is 0 Å². The Hall–Kier alpha value is -2.95. The quantitative estimate of drug-likeness (QED) is 0.698. The van der Waals surface area contributed by atoms with E-state index in [9.17, 15) is 4.79 Å². The number of anilines is 1. The fourth-order valence-corrected chi connectivity index (χ4v) is 3.07. The van der Waals surface area contributed by atoms with Crippen molar-refractivity contribution >= 4 is 17.8 Å². The van der Waals surface area contributed by atoms with Gasteiger partial charge in [-0.2, -0.15) is 5.10 Å². The molecule has 0 spiro atoms. The van der Waals surface area contributed by atoms with E-state index < -0.39 is 0 Å². The van der Waals surface area contributed by atoms with E-state index in [-0.39, 0.29) is 11.3 Å². The molecule has 1 aliphatic heterocycles. The number of hydrogen-bond acceptors (Lipinski definition) is 4. The van der Waals surface area contributed by atoms with Gasteiger partial charge in [0.05, 0.1) is 0 Å². The van der Waals surface area contributed by atoms with Gasteiger partial charge in [-0.1, -0.05) is 32.0 Å². The fourth-order valence-electron chi connectivity index (χ4n) is 3.07. The highest BCUT2D eigenvalue weighted by molar-refractivity contribution is 5.94. The molecule has 1 amide bonds. The summed E-state index contributed by atoms with van der Waals surface area (Å²) in [5.74, 6) is -0.255. The highest BCUT2D eigenvalue weighted by Gasteiger charge is 2.37. The van der Waals surface area contributed by atoms with Gasteiger partial charge in [0.1, 0.15) is 0 Å². The Balaban J connectivity index is 1.74. The van der Waals surface area contributed by atoms with Crippen LogP contribution in [-0.2, 0) is 5.41 Å². The minimum atomic E-state index is -0.255. The Labute approximate surface area is 141 Å². The van der Waals surface area contributed by atoms with Crippen LogP contribution in [0, 0.1) is 0 Å². The van der Waals surface area contributed by atoms with Crippen molar-refractivity contribution in [2.75, 3.05) is 11.9 Å². The molecule has 3 rings (SSSR count). The number of carbonyl (C=O) groups is 1. The van der Waals surface area contributed by atoms with E-state index in [1.807, 2.05) is 19.2 Å². The van der Waals surface area contributed by atoms with Crippen LogP contribution in [0.5, 0.6) is 0 Å². The number of aromatic nitrogens is 1. The number of rotatable bonds is 3. The number of hydrazone groups is 1. The largest absolute Gasteiger partial charge is 0.347 e. The molecular weight excluding hydrogens is 300 g/mol. The Morgan fingerprint density at radius 1 is 1.21 bits per heavy atom. The molecule has 0 aliphatic carbocycles. The molecule has 24 heavy (non-hydrogen) atoms. The second-order valence-electron chi connectivity index (χ2n) is 6.21. The Morgan fingerprint density at radius 3 is 2.62 bits per heavy atom. The van der Waals surface area contributed by atoms with Gasteiger partial charge >= 0.3 is 0 Å². The molecule has 0 saturated carbocycles. The molecule has 1 aliphatic rings. The number of carbonyl (C=O) groups excluding carboxylic acids is 1. The number of nitrogens with one attached hydrogen (secondary N) is 1. The molecule has 5 nitrogen and oxygen atoms in total. The van der Waals surface area contributed by atoms with Crippen LogP contribution in [0.4, 0.5) is 5.69 Å². The third-order valence-electron chi connectivity index (χ3n) is 4.36. The zero-order valence-electron chi connectivity index (χ0n) is 14.0. The normalized spacial score (nSPS) is 17.3. The van der Waals surface area contributed by atoms with E-state index in [0.29, 0.717) is 5.56 Å². The molecule has 2 heterocycles. The molecule has 0 unspecified atom stereocenters. The summed E-state index contributed by atoms with van der Waals surface area (Å²) in [6, 6.07) is 11.6. The summed E-state index contributed by atoms with van der Waals surface area (Å²) >= 11 is 0. The summed E-state index contributed by atoms with van der Waals surface area (Å²) in [6.45, 7) is 4.37. The van der Waals surface area contributed by atoms with Gasteiger partial charge in [0.25, 0.3) is 5.91 Å². The van der Waals surface area contributed by atoms with E-state index in [0.717, 1.165) is 5.70 Å². The highest BCUT2D eigenvalue weighted by Crippen LogP contribution is 2.46. The van der Waals surface area contributed by atoms with Crippen molar-refractivity contribution < 1.29 is 4.79 Å². The van der Waals surface area contributed by atoms with Crippen LogP contribution in [0.1, 0.15) is 29.8 Å². The first-order valence-corrected chi connectivity index (χ1v) is 7.79. The SMILES string of the molecule is CN1/C(=C/C=N\NC(=O)c2ccncc2)C(C)(C)c2ccccc21. The predicted octanol–water partition coefficient (Wildman–Crippen LogP) is 3.11. The first-order chi connectivity index (χ1) is 11.5. The number of amides is 1. The maximum atomic E-state index is 11.9. The van der Waals surface area contributed by atoms with Crippen molar-refractivity contribution in [3.05, 3.63) is 71.7 Å². The first kappa shape index (κ1) is 15.9. The first-order valence-electron chi connectivity index (χ1n) is 7.79.